The first kappa shape index (κ1) is 15.1. The highest BCUT2D eigenvalue weighted by Crippen LogP contribution is 2.16. The molecule has 1 aliphatic heterocycles. The number of carbonyl (C=O) groups excluding carboxylic acids is 1. The maximum absolute atomic E-state index is 11.3. The normalized spacial score (nSPS) is 18.5. The van der Waals surface area contributed by atoms with Crippen LogP contribution in [0.15, 0.2) is 29.4 Å². The van der Waals surface area contributed by atoms with Gasteiger partial charge in [0.15, 0.2) is 5.96 Å². The molecule has 2 rings (SSSR count). The molecule has 21 heavy (non-hydrogen) atoms. The van der Waals surface area contributed by atoms with Crippen molar-refractivity contribution in [2.45, 2.75) is 12.5 Å². The van der Waals surface area contributed by atoms with E-state index in [0.717, 1.165) is 19.5 Å². The zero-order chi connectivity index (χ0) is 15.1. The van der Waals surface area contributed by atoms with E-state index in [-0.39, 0.29) is 18.6 Å². The fraction of sp³-hybridized carbons (Fsp3) is 0.500. The van der Waals surface area contributed by atoms with Crippen molar-refractivity contribution in [3.8, 4) is 5.88 Å². The molecule has 2 heterocycles. The van der Waals surface area contributed by atoms with Gasteiger partial charge in [0.1, 0.15) is 6.10 Å². The summed E-state index contributed by atoms with van der Waals surface area (Å²) in [6.45, 7) is 1.78. The van der Waals surface area contributed by atoms with Crippen molar-refractivity contribution in [3.63, 3.8) is 0 Å². The topological polar surface area (TPSA) is 78.9 Å². The highest BCUT2D eigenvalue weighted by molar-refractivity contribution is 5.86. The number of guanidine groups is 1. The number of nitrogens with one attached hydrogen (secondary N) is 2. The molecular weight excluding hydrogens is 270 g/mol. The monoisotopic (exact) mass is 291 g/mol. The number of likely N-dealkylation sites (N-methyl/N-ethyl adjacent to an activating group) is 1. The lowest BCUT2D eigenvalue weighted by molar-refractivity contribution is -0.119. The van der Waals surface area contributed by atoms with Gasteiger partial charge in [-0.1, -0.05) is 6.07 Å². The summed E-state index contributed by atoms with van der Waals surface area (Å²) in [5.74, 6) is 1.28. The van der Waals surface area contributed by atoms with E-state index in [2.05, 4.69) is 25.5 Å². The van der Waals surface area contributed by atoms with E-state index >= 15 is 0 Å². The predicted molar refractivity (Wildman–Crippen MR) is 80.3 cm³/mol. The summed E-state index contributed by atoms with van der Waals surface area (Å²) in [5.41, 5.74) is 0. The van der Waals surface area contributed by atoms with Crippen LogP contribution in [0, 0.1) is 0 Å². The molecule has 1 unspecified atom stereocenters. The van der Waals surface area contributed by atoms with Gasteiger partial charge in [-0.3, -0.25) is 9.79 Å². The fourth-order valence-electron chi connectivity index (χ4n) is 2.18. The number of amides is 1. The van der Waals surface area contributed by atoms with Crippen LogP contribution in [0.25, 0.3) is 0 Å². The Balaban J connectivity index is 1.84. The number of pyridine rings is 1. The Hall–Kier alpha value is -2.31. The molecule has 0 aliphatic carbocycles. The molecule has 0 spiro atoms. The third kappa shape index (κ3) is 4.34. The Bertz CT molecular complexity index is 491. The Morgan fingerprint density at radius 2 is 2.43 bits per heavy atom. The summed E-state index contributed by atoms with van der Waals surface area (Å²) in [7, 11) is 3.32. The molecule has 1 saturated heterocycles. The van der Waals surface area contributed by atoms with Crippen molar-refractivity contribution in [3.05, 3.63) is 24.4 Å². The Morgan fingerprint density at radius 3 is 3.10 bits per heavy atom. The van der Waals surface area contributed by atoms with Crippen LogP contribution in [-0.4, -0.2) is 61.6 Å². The fourth-order valence-corrected chi connectivity index (χ4v) is 2.18. The number of carbonyl (C=O) groups is 1. The van der Waals surface area contributed by atoms with Crippen molar-refractivity contribution in [1.29, 1.82) is 0 Å². The van der Waals surface area contributed by atoms with Crippen molar-refractivity contribution < 1.29 is 9.53 Å². The van der Waals surface area contributed by atoms with E-state index in [1.54, 1.807) is 20.3 Å². The average molecular weight is 291 g/mol. The van der Waals surface area contributed by atoms with Crippen molar-refractivity contribution in [2.24, 2.45) is 4.99 Å². The number of nitrogens with zero attached hydrogens (tertiary/aromatic N) is 3. The molecule has 7 heteroatoms. The van der Waals surface area contributed by atoms with Gasteiger partial charge in [-0.15, -0.1) is 0 Å². The maximum atomic E-state index is 11.3. The van der Waals surface area contributed by atoms with E-state index in [4.69, 9.17) is 4.74 Å². The first-order chi connectivity index (χ1) is 10.2. The zero-order valence-electron chi connectivity index (χ0n) is 12.4. The van der Waals surface area contributed by atoms with Crippen molar-refractivity contribution in [2.75, 3.05) is 33.7 Å². The second-order valence-corrected chi connectivity index (χ2v) is 4.72. The number of aliphatic imine (C=N–C) groups is 1. The van der Waals surface area contributed by atoms with Crippen LogP contribution in [0.2, 0.25) is 0 Å². The number of rotatable bonds is 4. The summed E-state index contributed by atoms with van der Waals surface area (Å²) >= 11 is 0. The van der Waals surface area contributed by atoms with Gasteiger partial charge in [-0.25, -0.2) is 4.98 Å². The number of hydrogen-bond donors (Lipinski definition) is 2. The highest BCUT2D eigenvalue weighted by atomic mass is 16.5. The maximum Gasteiger partial charge on any atom is 0.239 e. The van der Waals surface area contributed by atoms with E-state index in [9.17, 15) is 4.79 Å². The predicted octanol–water partition coefficient (Wildman–Crippen LogP) is -0.144. The number of aromatic nitrogens is 1. The van der Waals surface area contributed by atoms with E-state index in [0.29, 0.717) is 11.8 Å². The van der Waals surface area contributed by atoms with Gasteiger partial charge >= 0.3 is 0 Å². The SMILES string of the molecule is CN=C(NCC(=O)NC)N1CCC(Oc2ccccn2)C1. The van der Waals surface area contributed by atoms with Crippen LogP contribution >= 0.6 is 0 Å². The minimum atomic E-state index is -0.0726. The second kappa shape index (κ2) is 7.47. The summed E-state index contributed by atoms with van der Waals surface area (Å²) in [4.78, 5) is 21.7. The molecule has 2 N–H and O–H groups in total. The minimum Gasteiger partial charge on any atom is -0.472 e. The highest BCUT2D eigenvalue weighted by Gasteiger charge is 2.26. The molecule has 0 radical (unpaired) electrons. The first-order valence-corrected chi connectivity index (χ1v) is 6.96. The Kier molecular flexibility index (Phi) is 5.36. The van der Waals surface area contributed by atoms with Crippen LogP contribution in [0.3, 0.4) is 0 Å². The molecule has 0 aromatic carbocycles. The van der Waals surface area contributed by atoms with E-state index < -0.39 is 0 Å². The smallest absolute Gasteiger partial charge is 0.239 e. The Labute approximate surface area is 124 Å². The zero-order valence-corrected chi connectivity index (χ0v) is 12.4. The lowest BCUT2D eigenvalue weighted by Gasteiger charge is -2.21. The lowest BCUT2D eigenvalue weighted by atomic mass is 10.3. The molecular formula is C14H21N5O2. The van der Waals surface area contributed by atoms with Crippen LogP contribution in [-0.2, 0) is 4.79 Å². The number of hydrogen-bond acceptors (Lipinski definition) is 4. The molecule has 1 fully saturated rings. The lowest BCUT2D eigenvalue weighted by Crippen LogP contribution is -2.44. The summed E-state index contributed by atoms with van der Waals surface area (Å²) in [5, 5.41) is 5.61. The standard InChI is InChI=1S/C14H21N5O2/c1-15-12(20)9-18-14(16-2)19-8-6-11(10-19)21-13-5-3-4-7-17-13/h3-5,7,11H,6,8-10H2,1-2H3,(H,15,20)(H,16,18). The van der Waals surface area contributed by atoms with E-state index in [1.165, 1.54) is 0 Å². The van der Waals surface area contributed by atoms with Crippen LogP contribution in [0.1, 0.15) is 6.42 Å². The third-order valence-electron chi connectivity index (χ3n) is 3.27. The van der Waals surface area contributed by atoms with Gasteiger partial charge in [-0.05, 0) is 6.07 Å². The summed E-state index contributed by atoms with van der Waals surface area (Å²) in [6.07, 6.45) is 2.70. The van der Waals surface area contributed by atoms with Gasteiger partial charge in [0.2, 0.25) is 11.8 Å². The molecule has 1 aromatic heterocycles. The van der Waals surface area contributed by atoms with E-state index in [1.807, 2.05) is 18.2 Å². The molecule has 0 bridgehead atoms. The second-order valence-electron chi connectivity index (χ2n) is 4.72. The number of ether oxygens (including phenoxy) is 1. The first-order valence-electron chi connectivity index (χ1n) is 6.96. The van der Waals surface area contributed by atoms with Gasteiger partial charge in [0, 0.05) is 39.3 Å². The summed E-state index contributed by atoms with van der Waals surface area (Å²) < 4.78 is 5.83. The molecule has 1 aromatic rings. The van der Waals surface area contributed by atoms with Crippen molar-refractivity contribution >= 4 is 11.9 Å². The minimum absolute atomic E-state index is 0.0726. The number of likely N-dealkylation sites (tertiary alicyclic amines) is 1. The van der Waals surface area contributed by atoms with Gasteiger partial charge < -0.3 is 20.3 Å². The molecule has 1 amide bonds. The van der Waals surface area contributed by atoms with Crippen LogP contribution in [0.4, 0.5) is 0 Å². The van der Waals surface area contributed by atoms with Gasteiger partial charge in [0.05, 0.1) is 13.1 Å². The molecule has 0 saturated carbocycles. The molecule has 1 atom stereocenters. The Morgan fingerprint density at radius 1 is 1.57 bits per heavy atom. The van der Waals surface area contributed by atoms with Crippen LogP contribution in [0.5, 0.6) is 5.88 Å². The van der Waals surface area contributed by atoms with Crippen molar-refractivity contribution in [1.82, 2.24) is 20.5 Å². The summed E-state index contributed by atoms with van der Waals surface area (Å²) in [6, 6.07) is 5.61. The molecule has 114 valence electrons. The molecule has 7 nitrogen and oxygen atoms in total. The van der Waals surface area contributed by atoms with Crippen LogP contribution < -0.4 is 15.4 Å². The quantitative estimate of drug-likeness (QED) is 0.596. The average Bonchev–Trinajstić information content (AvgIpc) is 2.97. The molecule has 1 aliphatic rings. The largest absolute Gasteiger partial charge is 0.472 e. The van der Waals surface area contributed by atoms with Gasteiger partial charge in [-0.2, -0.15) is 0 Å². The van der Waals surface area contributed by atoms with Gasteiger partial charge in [0.25, 0.3) is 0 Å². The third-order valence-corrected chi connectivity index (χ3v) is 3.27.